The van der Waals surface area contributed by atoms with Crippen LogP contribution in [0.1, 0.15) is 100 Å². The Morgan fingerprint density at radius 2 is 1.57 bits per heavy atom. The summed E-state index contributed by atoms with van der Waals surface area (Å²) in [6.07, 6.45) is 10.9. The maximum atomic E-state index is 6.80. The highest BCUT2D eigenvalue weighted by Crippen LogP contribution is 2.43. The van der Waals surface area contributed by atoms with Crippen molar-refractivity contribution in [3.05, 3.63) is 82.3 Å². The van der Waals surface area contributed by atoms with E-state index in [0.29, 0.717) is 17.9 Å². The second-order valence-corrected chi connectivity index (χ2v) is 13.2. The predicted octanol–water partition coefficient (Wildman–Crippen LogP) is 8.79. The van der Waals surface area contributed by atoms with E-state index in [1.807, 2.05) is 12.1 Å². The Labute approximate surface area is 259 Å². The molecule has 2 unspecified atom stereocenters. The standard InChI is InChI=1S/C36H51ClN4O/c1-5-40(6-2)36-32(25-27-13-9-7-10-14-27)38-35(42-36)33(41-23-11-8-12-24-41)26-28-15-17-29(18-16-28)34(39(3)4)30-19-21-31(37)22-20-30/h7,9-10,13-14,19-22,28-29,33-34H,5-6,8,11-12,15-18,23-26H2,1-4H3. The smallest absolute Gasteiger partial charge is 0.219 e. The van der Waals surface area contributed by atoms with Crippen LogP contribution in [0, 0.1) is 11.8 Å². The molecule has 1 aromatic heterocycles. The molecule has 0 amide bonds. The number of halogens is 1. The van der Waals surface area contributed by atoms with Crippen LogP contribution in [0.5, 0.6) is 0 Å². The van der Waals surface area contributed by atoms with Crippen molar-refractivity contribution in [2.45, 2.75) is 83.7 Å². The minimum Gasteiger partial charge on any atom is -0.423 e. The molecule has 1 aliphatic carbocycles. The van der Waals surface area contributed by atoms with Crippen molar-refractivity contribution in [3.8, 4) is 0 Å². The summed E-state index contributed by atoms with van der Waals surface area (Å²) >= 11 is 6.22. The van der Waals surface area contributed by atoms with E-state index in [4.69, 9.17) is 21.0 Å². The van der Waals surface area contributed by atoms with Gasteiger partial charge in [-0.2, -0.15) is 0 Å². The highest BCUT2D eigenvalue weighted by molar-refractivity contribution is 6.30. The third-order valence-corrected chi connectivity index (χ3v) is 9.99. The zero-order valence-corrected chi connectivity index (χ0v) is 27.0. The fourth-order valence-electron chi connectivity index (χ4n) is 7.51. The average Bonchev–Trinajstić information content (AvgIpc) is 3.42. The van der Waals surface area contributed by atoms with Crippen LogP contribution in [0.15, 0.2) is 59.0 Å². The van der Waals surface area contributed by atoms with Gasteiger partial charge in [-0.25, -0.2) is 4.98 Å². The van der Waals surface area contributed by atoms with E-state index in [2.05, 4.69) is 85.1 Å². The minimum absolute atomic E-state index is 0.256. The molecule has 2 atom stereocenters. The first-order valence-corrected chi connectivity index (χ1v) is 16.8. The van der Waals surface area contributed by atoms with Crippen LogP contribution >= 0.6 is 11.6 Å². The van der Waals surface area contributed by atoms with Gasteiger partial charge in [0, 0.05) is 30.6 Å². The van der Waals surface area contributed by atoms with Gasteiger partial charge >= 0.3 is 0 Å². The van der Waals surface area contributed by atoms with Crippen molar-refractivity contribution in [3.63, 3.8) is 0 Å². The molecule has 2 aliphatic rings. The normalized spacial score (nSPS) is 21.4. The second-order valence-electron chi connectivity index (χ2n) is 12.7. The van der Waals surface area contributed by atoms with E-state index < -0.39 is 0 Å². The largest absolute Gasteiger partial charge is 0.423 e. The zero-order chi connectivity index (χ0) is 29.5. The minimum atomic E-state index is 0.256. The first-order valence-electron chi connectivity index (χ1n) is 16.4. The molecule has 0 radical (unpaired) electrons. The molecule has 6 heteroatoms. The van der Waals surface area contributed by atoms with Crippen LogP contribution < -0.4 is 4.90 Å². The lowest BCUT2D eigenvalue weighted by Gasteiger charge is -2.40. The number of rotatable bonds is 12. The second kappa shape index (κ2) is 14.9. The van der Waals surface area contributed by atoms with Crippen LogP contribution in [-0.4, -0.2) is 55.1 Å². The number of anilines is 1. The zero-order valence-electron chi connectivity index (χ0n) is 26.3. The van der Waals surface area contributed by atoms with E-state index in [-0.39, 0.29) is 6.04 Å². The number of hydrogen-bond donors (Lipinski definition) is 0. The van der Waals surface area contributed by atoms with Crippen LogP contribution in [0.3, 0.4) is 0 Å². The van der Waals surface area contributed by atoms with E-state index in [9.17, 15) is 0 Å². The van der Waals surface area contributed by atoms with Crippen molar-refractivity contribution in [2.75, 3.05) is 45.2 Å². The topological polar surface area (TPSA) is 35.8 Å². The maximum absolute atomic E-state index is 6.80. The number of nitrogens with zero attached hydrogens (tertiary/aromatic N) is 4. The molecule has 0 spiro atoms. The fraction of sp³-hybridized carbons (Fsp3) is 0.583. The summed E-state index contributed by atoms with van der Waals surface area (Å²) in [4.78, 5) is 12.7. The molecule has 1 saturated heterocycles. The van der Waals surface area contributed by atoms with Gasteiger partial charge in [-0.15, -0.1) is 0 Å². The summed E-state index contributed by atoms with van der Waals surface area (Å²) in [5.41, 5.74) is 3.76. The number of piperidine rings is 1. The van der Waals surface area contributed by atoms with Crippen LogP contribution in [0.4, 0.5) is 5.88 Å². The number of oxazole rings is 1. The van der Waals surface area contributed by atoms with E-state index in [1.165, 1.54) is 56.1 Å². The molecule has 5 nitrogen and oxygen atoms in total. The van der Waals surface area contributed by atoms with Gasteiger partial charge in [0.15, 0.2) is 0 Å². The van der Waals surface area contributed by atoms with Gasteiger partial charge in [-0.05, 0) is 108 Å². The first-order chi connectivity index (χ1) is 20.5. The molecule has 228 valence electrons. The van der Waals surface area contributed by atoms with E-state index >= 15 is 0 Å². The Morgan fingerprint density at radius 1 is 0.905 bits per heavy atom. The molecular formula is C36H51ClN4O. The average molecular weight is 591 g/mol. The summed E-state index contributed by atoms with van der Waals surface area (Å²) in [6.45, 7) is 8.57. The molecule has 3 aromatic rings. The molecule has 42 heavy (non-hydrogen) atoms. The summed E-state index contributed by atoms with van der Waals surface area (Å²) in [5, 5.41) is 0.811. The summed E-state index contributed by atoms with van der Waals surface area (Å²) in [5.74, 6) is 3.28. The molecule has 0 N–H and O–H groups in total. The summed E-state index contributed by atoms with van der Waals surface area (Å²) < 4.78 is 6.80. The van der Waals surface area contributed by atoms with Crippen LogP contribution in [0.2, 0.25) is 5.02 Å². The Kier molecular flexibility index (Phi) is 11.0. The molecular weight excluding hydrogens is 540 g/mol. The first kappa shape index (κ1) is 31.1. The predicted molar refractivity (Wildman–Crippen MR) is 175 cm³/mol. The molecule has 1 aliphatic heterocycles. The Hall–Kier alpha value is -2.34. The fourth-order valence-corrected chi connectivity index (χ4v) is 7.64. The van der Waals surface area contributed by atoms with Crippen molar-refractivity contribution < 1.29 is 4.42 Å². The molecule has 0 bridgehead atoms. The Bertz CT molecular complexity index is 1210. The number of benzene rings is 2. The van der Waals surface area contributed by atoms with Crippen molar-refractivity contribution in [1.29, 1.82) is 0 Å². The van der Waals surface area contributed by atoms with Gasteiger partial charge in [-0.1, -0.05) is 73.3 Å². The van der Waals surface area contributed by atoms with Gasteiger partial charge < -0.3 is 14.2 Å². The summed E-state index contributed by atoms with van der Waals surface area (Å²) in [6, 6.07) is 19.9. The van der Waals surface area contributed by atoms with Crippen molar-refractivity contribution in [2.24, 2.45) is 11.8 Å². The molecule has 1 saturated carbocycles. The highest BCUT2D eigenvalue weighted by atomic mass is 35.5. The molecule has 2 aromatic carbocycles. The lowest BCUT2D eigenvalue weighted by molar-refractivity contribution is 0.0944. The van der Waals surface area contributed by atoms with Gasteiger partial charge in [-0.3, -0.25) is 4.90 Å². The van der Waals surface area contributed by atoms with Gasteiger partial charge in [0.2, 0.25) is 11.8 Å². The number of hydrogen-bond acceptors (Lipinski definition) is 5. The molecule has 5 rings (SSSR count). The Morgan fingerprint density at radius 3 is 2.19 bits per heavy atom. The number of likely N-dealkylation sites (tertiary alicyclic amines) is 1. The Balaban J connectivity index is 1.35. The molecule has 2 heterocycles. The third-order valence-electron chi connectivity index (χ3n) is 9.74. The van der Waals surface area contributed by atoms with Crippen LogP contribution in [0.25, 0.3) is 0 Å². The highest BCUT2D eigenvalue weighted by Gasteiger charge is 2.35. The lowest BCUT2D eigenvalue weighted by Crippen LogP contribution is -2.36. The van der Waals surface area contributed by atoms with Gasteiger partial charge in [0.25, 0.3) is 0 Å². The number of aromatic nitrogens is 1. The van der Waals surface area contributed by atoms with Crippen molar-refractivity contribution in [1.82, 2.24) is 14.8 Å². The van der Waals surface area contributed by atoms with Gasteiger partial charge in [0.1, 0.15) is 5.69 Å². The van der Waals surface area contributed by atoms with Crippen molar-refractivity contribution >= 4 is 17.5 Å². The lowest BCUT2D eigenvalue weighted by atomic mass is 9.74. The third kappa shape index (κ3) is 7.59. The quantitative estimate of drug-likeness (QED) is 0.211. The van der Waals surface area contributed by atoms with E-state index in [1.54, 1.807) is 0 Å². The SMILES string of the molecule is CCN(CC)c1oc(C(CC2CCC(C(c3ccc(Cl)cc3)N(C)C)CC2)N2CCCCC2)nc1Cc1ccccc1. The molecule has 2 fully saturated rings. The summed E-state index contributed by atoms with van der Waals surface area (Å²) in [7, 11) is 4.45. The van der Waals surface area contributed by atoms with Crippen LogP contribution in [-0.2, 0) is 6.42 Å². The monoisotopic (exact) mass is 590 g/mol. The maximum Gasteiger partial charge on any atom is 0.219 e. The van der Waals surface area contributed by atoms with E-state index in [0.717, 1.165) is 61.5 Å². The van der Waals surface area contributed by atoms with Gasteiger partial charge in [0.05, 0.1) is 6.04 Å².